The number of amides is 1. The van der Waals surface area contributed by atoms with Crippen LogP contribution in [0.15, 0.2) is 54.6 Å². The first-order chi connectivity index (χ1) is 10.2. The largest absolute Gasteiger partial charge is 0.549 e. The zero-order chi connectivity index (χ0) is 15.1. The normalized spacial score (nSPS) is 10.1. The van der Waals surface area contributed by atoms with E-state index in [1.54, 1.807) is 0 Å². The third-order valence-corrected chi connectivity index (χ3v) is 3.65. The van der Waals surface area contributed by atoms with E-state index in [1.807, 2.05) is 54.6 Å². The average Bonchev–Trinajstić information content (AvgIpc) is 2.48. The Hall–Kier alpha value is -2.27. The molecule has 2 aromatic carbocycles. The highest BCUT2D eigenvalue weighted by molar-refractivity contribution is 8.00. The Bertz CT molecular complexity index is 628. The molecule has 0 saturated heterocycles. The quantitative estimate of drug-likeness (QED) is 0.883. The summed E-state index contributed by atoms with van der Waals surface area (Å²) in [6.45, 7) is 0. The van der Waals surface area contributed by atoms with Crippen molar-refractivity contribution in [2.75, 3.05) is 16.8 Å². The van der Waals surface area contributed by atoms with Gasteiger partial charge in [0.05, 0.1) is 11.7 Å². The van der Waals surface area contributed by atoms with Crippen LogP contribution in [0.1, 0.15) is 0 Å². The second-order valence-electron chi connectivity index (χ2n) is 4.32. The van der Waals surface area contributed by atoms with Gasteiger partial charge in [-0.05, 0) is 11.6 Å². The first-order valence-electron chi connectivity index (χ1n) is 6.38. The molecular formula is C16H14NO3S-. The molecule has 0 aliphatic rings. The highest BCUT2D eigenvalue weighted by Gasteiger charge is 2.08. The SMILES string of the molecule is O=C([O-])CSCC(=O)Nc1ccccc1-c1ccccc1. The fraction of sp³-hybridized carbons (Fsp3) is 0.125. The molecule has 0 fully saturated rings. The van der Waals surface area contributed by atoms with Gasteiger partial charge in [-0.3, -0.25) is 4.79 Å². The minimum absolute atomic E-state index is 0.0805. The Labute approximate surface area is 127 Å². The van der Waals surface area contributed by atoms with Gasteiger partial charge in [0.25, 0.3) is 0 Å². The van der Waals surface area contributed by atoms with Crippen molar-refractivity contribution < 1.29 is 14.7 Å². The van der Waals surface area contributed by atoms with Gasteiger partial charge >= 0.3 is 0 Å². The number of hydrogen-bond acceptors (Lipinski definition) is 4. The van der Waals surface area contributed by atoms with E-state index in [9.17, 15) is 14.7 Å². The first-order valence-corrected chi connectivity index (χ1v) is 7.54. The number of thioether (sulfide) groups is 1. The van der Waals surface area contributed by atoms with Crippen LogP contribution in [0.2, 0.25) is 0 Å². The lowest BCUT2D eigenvalue weighted by molar-refractivity contribution is -0.301. The minimum atomic E-state index is -1.17. The molecule has 0 aromatic heterocycles. The van der Waals surface area contributed by atoms with Crippen LogP contribution in [0.25, 0.3) is 11.1 Å². The molecule has 0 aliphatic carbocycles. The molecular weight excluding hydrogens is 286 g/mol. The van der Waals surface area contributed by atoms with Crippen LogP contribution in [0, 0.1) is 0 Å². The van der Waals surface area contributed by atoms with E-state index in [4.69, 9.17) is 0 Å². The molecule has 108 valence electrons. The van der Waals surface area contributed by atoms with Gasteiger partial charge in [0.15, 0.2) is 0 Å². The van der Waals surface area contributed by atoms with Crippen LogP contribution in [-0.4, -0.2) is 23.4 Å². The lowest BCUT2D eigenvalue weighted by Crippen LogP contribution is -2.25. The van der Waals surface area contributed by atoms with E-state index in [1.165, 1.54) is 0 Å². The van der Waals surface area contributed by atoms with Crippen molar-refractivity contribution in [3.63, 3.8) is 0 Å². The van der Waals surface area contributed by atoms with Crippen molar-refractivity contribution in [1.29, 1.82) is 0 Å². The molecule has 0 spiro atoms. The summed E-state index contributed by atoms with van der Waals surface area (Å²) in [4.78, 5) is 22.1. The Morgan fingerprint density at radius 1 is 0.952 bits per heavy atom. The van der Waals surface area contributed by atoms with Crippen molar-refractivity contribution in [2.24, 2.45) is 0 Å². The van der Waals surface area contributed by atoms with Gasteiger partial charge in [-0.2, -0.15) is 0 Å². The van der Waals surface area contributed by atoms with Crippen LogP contribution < -0.4 is 10.4 Å². The Morgan fingerprint density at radius 2 is 1.62 bits per heavy atom. The molecule has 2 aromatic rings. The van der Waals surface area contributed by atoms with E-state index < -0.39 is 5.97 Å². The molecule has 1 amide bonds. The third kappa shape index (κ3) is 4.65. The number of carboxylic acid groups (broad SMARTS) is 1. The number of carboxylic acids is 1. The van der Waals surface area contributed by atoms with Crippen LogP contribution in [0.4, 0.5) is 5.69 Å². The summed E-state index contributed by atoms with van der Waals surface area (Å²) in [5, 5.41) is 13.1. The summed E-state index contributed by atoms with van der Waals surface area (Å²) in [6, 6.07) is 17.2. The van der Waals surface area contributed by atoms with E-state index in [-0.39, 0.29) is 17.4 Å². The molecule has 5 heteroatoms. The van der Waals surface area contributed by atoms with Gasteiger partial charge in [-0.1, -0.05) is 48.5 Å². The van der Waals surface area contributed by atoms with Crippen molar-refractivity contribution >= 4 is 29.3 Å². The topological polar surface area (TPSA) is 69.2 Å². The van der Waals surface area contributed by atoms with E-state index in [0.29, 0.717) is 5.69 Å². The molecule has 0 aliphatic heterocycles. The number of anilines is 1. The standard InChI is InChI=1S/C16H15NO3S/c18-15(10-21-11-16(19)20)17-14-9-5-4-8-13(14)12-6-2-1-3-7-12/h1-9H,10-11H2,(H,17,18)(H,19,20)/p-1. The Kier molecular flexibility index (Phi) is 5.40. The first kappa shape index (κ1) is 15.1. The zero-order valence-corrected chi connectivity index (χ0v) is 12.1. The molecule has 0 heterocycles. The maximum Gasteiger partial charge on any atom is 0.234 e. The monoisotopic (exact) mass is 300 g/mol. The molecule has 2 rings (SSSR count). The maximum absolute atomic E-state index is 11.8. The van der Waals surface area contributed by atoms with Crippen LogP contribution in [0.3, 0.4) is 0 Å². The Balaban J connectivity index is 2.07. The smallest absolute Gasteiger partial charge is 0.234 e. The van der Waals surface area contributed by atoms with Crippen LogP contribution >= 0.6 is 11.8 Å². The van der Waals surface area contributed by atoms with Crippen molar-refractivity contribution in [3.8, 4) is 11.1 Å². The highest BCUT2D eigenvalue weighted by atomic mass is 32.2. The fourth-order valence-corrected chi connectivity index (χ4v) is 2.40. The summed E-state index contributed by atoms with van der Waals surface area (Å²) in [5.41, 5.74) is 2.65. The second-order valence-corrected chi connectivity index (χ2v) is 5.31. The van der Waals surface area contributed by atoms with E-state index in [2.05, 4.69) is 5.32 Å². The summed E-state index contributed by atoms with van der Waals surface area (Å²) in [5.74, 6) is -1.51. The molecule has 0 saturated carbocycles. The van der Waals surface area contributed by atoms with Crippen LogP contribution in [0.5, 0.6) is 0 Å². The highest BCUT2D eigenvalue weighted by Crippen LogP contribution is 2.27. The molecule has 1 N–H and O–H groups in total. The summed E-state index contributed by atoms with van der Waals surface area (Å²) < 4.78 is 0. The number of hydrogen-bond donors (Lipinski definition) is 1. The van der Waals surface area contributed by atoms with Gasteiger partial charge in [0.1, 0.15) is 0 Å². The lowest BCUT2D eigenvalue weighted by Gasteiger charge is -2.11. The zero-order valence-electron chi connectivity index (χ0n) is 11.2. The predicted molar refractivity (Wildman–Crippen MR) is 82.8 cm³/mol. The lowest BCUT2D eigenvalue weighted by atomic mass is 10.0. The van der Waals surface area contributed by atoms with E-state index >= 15 is 0 Å². The van der Waals surface area contributed by atoms with E-state index in [0.717, 1.165) is 22.9 Å². The second kappa shape index (κ2) is 7.50. The van der Waals surface area contributed by atoms with Crippen molar-refractivity contribution in [2.45, 2.75) is 0 Å². The molecule has 0 bridgehead atoms. The third-order valence-electron chi connectivity index (χ3n) is 2.74. The number of rotatable bonds is 6. The summed E-state index contributed by atoms with van der Waals surface area (Å²) >= 11 is 1.02. The van der Waals surface area contributed by atoms with Crippen molar-refractivity contribution in [3.05, 3.63) is 54.6 Å². The van der Waals surface area contributed by atoms with Gasteiger partial charge in [-0.25, -0.2) is 0 Å². The minimum Gasteiger partial charge on any atom is -0.549 e. The van der Waals surface area contributed by atoms with Gasteiger partial charge in [0.2, 0.25) is 5.91 Å². The van der Waals surface area contributed by atoms with Crippen LogP contribution in [-0.2, 0) is 9.59 Å². The predicted octanol–water partition coefficient (Wildman–Crippen LogP) is 1.78. The number of para-hydroxylation sites is 1. The van der Waals surface area contributed by atoms with Gasteiger partial charge in [0, 0.05) is 17.0 Å². The molecule has 21 heavy (non-hydrogen) atoms. The molecule has 4 nitrogen and oxygen atoms in total. The average molecular weight is 300 g/mol. The number of aliphatic carboxylic acids is 1. The number of carbonyl (C=O) groups excluding carboxylic acids is 2. The molecule has 0 unspecified atom stereocenters. The summed E-state index contributed by atoms with van der Waals surface area (Å²) in [7, 11) is 0. The maximum atomic E-state index is 11.8. The number of nitrogens with one attached hydrogen (secondary N) is 1. The van der Waals surface area contributed by atoms with Gasteiger partial charge in [-0.15, -0.1) is 11.8 Å². The number of benzene rings is 2. The Morgan fingerprint density at radius 3 is 2.33 bits per heavy atom. The van der Waals surface area contributed by atoms with Crippen molar-refractivity contribution in [1.82, 2.24) is 0 Å². The fourth-order valence-electron chi connectivity index (χ4n) is 1.87. The van der Waals surface area contributed by atoms with Gasteiger partial charge < -0.3 is 15.2 Å². The summed E-state index contributed by atoms with van der Waals surface area (Å²) in [6.07, 6.45) is 0. The number of carbonyl (C=O) groups is 2. The molecule has 0 atom stereocenters. The molecule has 0 radical (unpaired) electrons.